The molecule has 2 aromatic heterocycles. The zero-order valence-corrected chi connectivity index (χ0v) is 9.95. The maximum atomic E-state index is 12.6. The number of furan rings is 1. The number of halogens is 3. The molecule has 0 saturated heterocycles. The van der Waals surface area contributed by atoms with Crippen molar-refractivity contribution in [2.24, 2.45) is 0 Å². The quantitative estimate of drug-likeness (QED) is 0.896. The van der Waals surface area contributed by atoms with Crippen molar-refractivity contribution in [3.05, 3.63) is 35.9 Å². The van der Waals surface area contributed by atoms with Gasteiger partial charge in [0, 0.05) is 13.1 Å². The van der Waals surface area contributed by atoms with Crippen LogP contribution >= 0.6 is 0 Å². The molecule has 0 bridgehead atoms. The number of nitrogens with one attached hydrogen (secondary N) is 2. The smallest absolute Gasteiger partial charge is 0.433 e. The van der Waals surface area contributed by atoms with Crippen molar-refractivity contribution in [2.45, 2.75) is 12.7 Å². The molecule has 5 nitrogen and oxygen atoms in total. The van der Waals surface area contributed by atoms with Crippen LogP contribution in [0.3, 0.4) is 0 Å². The third-order valence-electron chi connectivity index (χ3n) is 2.26. The normalized spacial score (nSPS) is 11.4. The SMILES string of the molecule is CNc1nc(NCc2ccco2)cc(C(F)(F)F)n1. The van der Waals surface area contributed by atoms with Crippen molar-refractivity contribution in [2.75, 3.05) is 17.7 Å². The van der Waals surface area contributed by atoms with Gasteiger partial charge in [-0.1, -0.05) is 0 Å². The van der Waals surface area contributed by atoms with Crippen LogP contribution in [0.1, 0.15) is 11.5 Å². The molecule has 0 aliphatic carbocycles. The van der Waals surface area contributed by atoms with E-state index in [1.54, 1.807) is 12.1 Å². The van der Waals surface area contributed by atoms with Crippen LogP contribution in [0.25, 0.3) is 0 Å². The second-order valence-electron chi connectivity index (χ2n) is 3.64. The number of alkyl halides is 3. The first kappa shape index (κ1) is 13.2. The van der Waals surface area contributed by atoms with Crippen molar-refractivity contribution >= 4 is 11.8 Å². The molecule has 2 rings (SSSR count). The maximum Gasteiger partial charge on any atom is 0.433 e. The number of nitrogens with zero attached hydrogens (tertiary/aromatic N) is 2. The lowest BCUT2D eigenvalue weighted by molar-refractivity contribution is -0.141. The van der Waals surface area contributed by atoms with Crippen molar-refractivity contribution < 1.29 is 17.6 Å². The predicted molar refractivity (Wildman–Crippen MR) is 62.6 cm³/mol. The summed E-state index contributed by atoms with van der Waals surface area (Å²) >= 11 is 0. The highest BCUT2D eigenvalue weighted by Crippen LogP contribution is 2.29. The van der Waals surface area contributed by atoms with Gasteiger partial charge in [0.15, 0.2) is 5.69 Å². The van der Waals surface area contributed by atoms with E-state index in [1.165, 1.54) is 13.3 Å². The van der Waals surface area contributed by atoms with Gasteiger partial charge < -0.3 is 15.1 Å². The highest BCUT2D eigenvalue weighted by Gasteiger charge is 2.33. The molecule has 0 saturated carbocycles. The maximum absolute atomic E-state index is 12.6. The van der Waals surface area contributed by atoms with Gasteiger partial charge >= 0.3 is 6.18 Å². The molecule has 0 aliphatic heterocycles. The standard InChI is InChI=1S/C11H11F3N4O/c1-15-10-17-8(11(12,13)14)5-9(18-10)16-6-7-3-2-4-19-7/h2-5H,6H2,1H3,(H2,15,16,17,18). The molecule has 102 valence electrons. The Morgan fingerprint density at radius 2 is 2.11 bits per heavy atom. The van der Waals surface area contributed by atoms with E-state index < -0.39 is 11.9 Å². The Kier molecular flexibility index (Phi) is 3.59. The first-order valence-corrected chi connectivity index (χ1v) is 5.39. The first-order chi connectivity index (χ1) is 8.99. The van der Waals surface area contributed by atoms with E-state index in [0.29, 0.717) is 5.76 Å². The van der Waals surface area contributed by atoms with Gasteiger partial charge in [0.2, 0.25) is 5.95 Å². The summed E-state index contributed by atoms with van der Waals surface area (Å²) < 4.78 is 43.0. The zero-order valence-electron chi connectivity index (χ0n) is 9.95. The minimum atomic E-state index is -4.52. The summed E-state index contributed by atoms with van der Waals surface area (Å²) in [7, 11) is 1.45. The fourth-order valence-electron chi connectivity index (χ4n) is 1.39. The first-order valence-electron chi connectivity index (χ1n) is 5.39. The average molecular weight is 272 g/mol. The third kappa shape index (κ3) is 3.36. The summed E-state index contributed by atoms with van der Waals surface area (Å²) in [6.45, 7) is 0.241. The van der Waals surface area contributed by atoms with Crippen LogP contribution in [0.15, 0.2) is 28.9 Å². The van der Waals surface area contributed by atoms with Crippen LogP contribution in [0, 0.1) is 0 Å². The average Bonchev–Trinajstić information content (AvgIpc) is 2.88. The van der Waals surface area contributed by atoms with Crippen LogP contribution in [0.5, 0.6) is 0 Å². The molecule has 0 unspecified atom stereocenters. The predicted octanol–water partition coefficient (Wildman–Crippen LogP) is 2.74. The minimum Gasteiger partial charge on any atom is -0.467 e. The minimum absolute atomic E-state index is 0.0723. The molecule has 0 fully saturated rings. The third-order valence-corrected chi connectivity index (χ3v) is 2.26. The summed E-state index contributed by atoms with van der Waals surface area (Å²) in [5.74, 6) is 0.568. The Morgan fingerprint density at radius 1 is 1.32 bits per heavy atom. The van der Waals surface area contributed by atoms with Gasteiger partial charge in [-0.2, -0.15) is 18.2 Å². The lowest BCUT2D eigenvalue weighted by Crippen LogP contribution is -2.12. The van der Waals surface area contributed by atoms with E-state index in [2.05, 4.69) is 20.6 Å². The lowest BCUT2D eigenvalue weighted by atomic mass is 10.3. The van der Waals surface area contributed by atoms with Gasteiger partial charge in [-0.05, 0) is 12.1 Å². The number of anilines is 2. The van der Waals surface area contributed by atoms with E-state index >= 15 is 0 Å². The molecule has 2 N–H and O–H groups in total. The van der Waals surface area contributed by atoms with Gasteiger partial charge in [-0.3, -0.25) is 0 Å². The summed E-state index contributed by atoms with van der Waals surface area (Å²) in [5.41, 5.74) is -1.01. The van der Waals surface area contributed by atoms with Gasteiger partial charge in [0.25, 0.3) is 0 Å². The number of rotatable bonds is 4. The molecule has 0 spiro atoms. The van der Waals surface area contributed by atoms with Crippen LogP contribution in [0.4, 0.5) is 24.9 Å². The van der Waals surface area contributed by atoms with E-state index in [9.17, 15) is 13.2 Å². The second kappa shape index (κ2) is 5.17. The molecule has 8 heteroatoms. The highest BCUT2D eigenvalue weighted by atomic mass is 19.4. The van der Waals surface area contributed by atoms with Crippen LogP contribution in [-0.4, -0.2) is 17.0 Å². The van der Waals surface area contributed by atoms with Crippen LogP contribution in [-0.2, 0) is 12.7 Å². The Hall–Kier alpha value is -2.25. The molecule has 0 aliphatic rings. The monoisotopic (exact) mass is 272 g/mol. The molecule has 0 radical (unpaired) electrons. The van der Waals surface area contributed by atoms with Gasteiger partial charge in [0.1, 0.15) is 11.6 Å². The summed E-state index contributed by atoms with van der Waals surface area (Å²) in [6.07, 6.45) is -3.03. The van der Waals surface area contributed by atoms with Crippen LogP contribution in [0.2, 0.25) is 0 Å². The summed E-state index contributed by atoms with van der Waals surface area (Å²) in [4.78, 5) is 7.25. The molecule has 19 heavy (non-hydrogen) atoms. The molecule has 0 aromatic carbocycles. The van der Waals surface area contributed by atoms with E-state index in [-0.39, 0.29) is 18.3 Å². The number of aromatic nitrogens is 2. The molecule has 2 aromatic rings. The van der Waals surface area contributed by atoms with Gasteiger partial charge in [0.05, 0.1) is 12.8 Å². The second-order valence-corrected chi connectivity index (χ2v) is 3.64. The fraction of sp³-hybridized carbons (Fsp3) is 0.273. The Balaban J connectivity index is 2.19. The summed E-state index contributed by atoms with van der Waals surface area (Å²) in [5, 5.41) is 5.24. The van der Waals surface area contributed by atoms with Crippen molar-refractivity contribution in [3.8, 4) is 0 Å². The van der Waals surface area contributed by atoms with E-state index in [4.69, 9.17) is 4.42 Å². The van der Waals surface area contributed by atoms with E-state index in [0.717, 1.165) is 6.07 Å². The zero-order chi connectivity index (χ0) is 13.9. The Bertz CT molecular complexity index is 539. The van der Waals surface area contributed by atoms with Crippen molar-refractivity contribution in [3.63, 3.8) is 0 Å². The molecular weight excluding hydrogens is 261 g/mol. The van der Waals surface area contributed by atoms with Crippen molar-refractivity contribution in [1.82, 2.24) is 9.97 Å². The molecular formula is C11H11F3N4O. The van der Waals surface area contributed by atoms with Gasteiger partial charge in [-0.25, -0.2) is 4.98 Å². The topological polar surface area (TPSA) is 63.0 Å². The Labute approximate surface area is 106 Å². The molecule has 2 heterocycles. The molecule has 0 amide bonds. The van der Waals surface area contributed by atoms with E-state index in [1.807, 2.05) is 0 Å². The van der Waals surface area contributed by atoms with Crippen LogP contribution < -0.4 is 10.6 Å². The highest BCUT2D eigenvalue weighted by molar-refractivity contribution is 5.43. The van der Waals surface area contributed by atoms with Crippen molar-refractivity contribution in [1.29, 1.82) is 0 Å². The number of hydrogen-bond acceptors (Lipinski definition) is 5. The fourth-order valence-corrected chi connectivity index (χ4v) is 1.39. The summed E-state index contributed by atoms with van der Waals surface area (Å²) in [6, 6.07) is 4.25. The number of hydrogen-bond donors (Lipinski definition) is 2. The largest absolute Gasteiger partial charge is 0.467 e. The Morgan fingerprint density at radius 3 is 2.68 bits per heavy atom. The lowest BCUT2D eigenvalue weighted by Gasteiger charge is -2.10. The molecule has 0 atom stereocenters. The van der Waals surface area contributed by atoms with Gasteiger partial charge in [-0.15, -0.1) is 0 Å².